The Labute approximate surface area is 77.0 Å². The minimum Gasteiger partial charge on any atom is -0.388 e. The smallest absolute Gasteiger partial charge is 0.107 e. The molecule has 0 amide bonds. The summed E-state index contributed by atoms with van der Waals surface area (Å²) >= 11 is 0. The second-order valence-electron chi connectivity index (χ2n) is 3.33. The monoisotopic (exact) mass is 179 g/mol. The van der Waals surface area contributed by atoms with Gasteiger partial charge in [0.1, 0.15) is 12.2 Å². The molecule has 0 saturated carbocycles. The number of likely N-dealkylation sites (N-methyl/N-ethyl adjacent to an activating group) is 1. The summed E-state index contributed by atoms with van der Waals surface area (Å²) < 4.78 is 0. The van der Waals surface area contributed by atoms with E-state index in [1.54, 1.807) is 7.05 Å². The summed E-state index contributed by atoms with van der Waals surface area (Å²) in [5.41, 5.74) is 1.82. The normalized spacial score (nSPS) is 31.8. The second-order valence-corrected chi connectivity index (χ2v) is 3.33. The van der Waals surface area contributed by atoms with Crippen LogP contribution in [0.25, 0.3) is 0 Å². The van der Waals surface area contributed by atoms with E-state index in [0.29, 0.717) is 0 Å². The highest BCUT2D eigenvalue weighted by Gasteiger charge is 2.37. The molecule has 1 aromatic carbocycles. The lowest BCUT2D eigenvalue weighted by atomic mass is 10.1. The fourth-order valence-electron chi connectivity index (χ4n) is 1.94. The third kappa shape index (κ3) is 1.16. The Bertz CT molecular complexity index is 314. The fourth-order valence-corrected chi connectivity index (χ4v) is 1.94. The Morgan fingerprint density at radius 2 is 1.77 bits per heavy atom. The van der Waals surface area contributed by atoms with Crippen LogP contribution in [-0.2, 0) is 0 Å². The molecule has 3 atom stereocenters. The zero-order valence-electron chi connectivity index (χ0n) is 7.44. The van der Waals surface area contributed by atoms with Crippen molar-refractivity contribution in [3.05, 3.63) is 35.4 Å². The Balaban J connectivity index is 2.47. The molecule has 0 fully saturated rings. The summed E-state index contributed by atoms with van der Waals surface area (Å²) in [5.74, 6) is 0. The van der Waals surface area contributed by atoms with Gasteiger partial charge in [-0.2, -0.15) is 0 Å². The maximum absolute atomic E-state index is 9.67. The number of aliphatic hydroxyl groups excluding tert-OH is 2. The SMILES string of the molecule is CNC1c2ccccc2[C@@H](O)C1O. The van der Waals surface area contributed by atoms with E-state index < -0.39 is 12.2 Å². The predicted octanol–water partition coefficient (Wildman–Crippen LogP) is 0.355. The first-order chi connectivity index (χ1) is 6.25. The molecule has 3 N–H and O–H groups in total. The number of nitrogens with one attached hydrogen (secondary N) is 1. The molecule has 13 heavy (non-hydrogen) atoms. The lowest BCUT2D eigenvalue weighted by molar-refractivity contribution is 0.0121. The number of aliphatic hydroxyl groups is 2. The molecule has 0 aliphatic heterocycles. The average Bonchev–Trinajstić information content (AvgIpc) is 2.41. The van der Waals surface area contributed by atoms with E-state index in [0.717, 1.165) is 11.1 Å². The second kappa shape index (κ2) is 3.10. The molecule has 2 unspecified atom stereocenters. The summed E-state index contributed by atoms with van der Waals surface area (Å²) in [6.07, 6.45) is -1.49. The highest BCUT2D eigenvalue weighted by molar-refractivity contribution is 5.38. The van der Waals surface area contributed by atoms with Gasteiger partial charge in [0.15, 0.2) is 0 Å². The van der Waals surface area contributed by atoms with Crippen molar-refractivity contribution in [1.82, 2.24) is 5.32 Å². The summed E-state index contributed by atoms with van der Waals surface area (Å²) in [6.45, 7) is 0. The number of hydrogen-bond acceptors (Lipinski definition) is 3. The summed E-state index contributed by atoms with van der Waals surface area (Å²) in [5, 5.41) is 22.3. The molecule has 0 aromatic heterocycles. The van der Waals surface area contributed by atoms with Gasteiger partial charge in [-0.3, -0.25) is 0 Å². The third-order valence-electron chi connectivity index (χ3n) is 2.63. The van der Waals surface area contributed by atoms with E-state index in [4.69, 9.17) is 0 Å². The van der Waals surface area contributed by atoms with Crippen molar-refractivity contribution < 1.29 is 10.2 Å². The Hall–Kier alpha value is -0.900. The largest absolute Gasteiger partial charge is 0.388 e. The van der Waals surface area contributed by atoms with Gasteiger partial charge in [-0.25, -0.2) is 0 Å². The van der Waals surface area contributed by atoms with Crippen LogP contribution < -0.4 is 5.32 Å². The van der Waals surface area contributed by atoms with Crippen molar-refractivity contribution in [2.45, 2.75) is 18.2 Å². The molecule has 2 rings (SSSR count). The zero-order chi connectivity index (χ0) is 9.42. The maximum Gasteiger partial charge on any atom is 0.107 e. The van der Waals surface area contributed by atoms with E-state index >= 15 is 0 Å². The van der Waals surface area contributed by atoms with Crippen LogP contribution >= 0.6 is 0 Å². The van der Waals surface area contributed by atoms with Crippen molar-refractivity contribution in [3.8, 4) is 0 Å². The molecule has 0 spiro atoms. The van der Waals surface area contributed by atoms with Crippen LogP contribution in [-0.4, -0.2) is 23.4 Å². The number of rotatable bonds is 1. The van der Waals surface area contributed by atoms with Crippen molar-refractivity contribution in [3.63, 3.8) is 0 Å². The Morgan fingerprint density at radius 1 is 1.15 bits per heavy atom. The van der Waals surface area contributed by atoms with E-state index in [1.165, 1.54) is 0 Å². The van der Waals surface area contributed by atoms with E-state index in [-0.39, 0.29) is 6.04 Å². The Kier molecular flexibility index (Phi) is 2.07. The van der Waals surface area contributed by atoms with Gasteiger partial charge in [-0.1, -0.05) is 24.3 Å². The van der Waals surface area contributed by atoms with Crippen molar-refractivity contribution in [1.29, 1.82) is 0 Å². The molecule has 0 saturated heterocycles. The van der Waals surface area contributed by atoms with Gasteiger partial charge in [0, 0.05) is 0 Å². The van der Waals surface area contributed by atoms with Crippen LogP contribution in [0, 0.1) is 0 Å². The summed E-state index contributed by atoms with van der Waals surface area (Å²) in [4.78, 5) is 0. The van der Waals surface area contributed by atoms with Crippen LogP contribution in [0.4, 0.5) is 0 Å². The van der Waals surface area contributed by atoms with Crippen LogP contribution in [0.5, 0.6) is 0 Å². The van der Waals surface area contributed by atoms with E-state index in [2.05, 4.69) is 5.32 Å². The highest BCUT2D eigenvalue weighted by Crippen LogP contribution is 2.38. The quantitative estimate of drug-likeness (QED) is 0.583. The number of benzene rings is 1. The van der Waals surface area contributed by atoms with Gasteiger partial charge in [-0.15, -0.1) is 0 Å². The minimum absolute atomic E-state index is 0.147. The first kappa shape index (κ1) is 8.69. The lowest BCUT2D eigenvalue weighted by Crippen LogP contribution is -2.27. The van der Waals surface area contributed by atoms with Crippen molar-refractivity contribution >= 4 is 0 Å². The Morgan fingerprint density at radius 3 is 2.38 bits per heavy atom. The van der Waals surface area contributed by atoms with Gasteiger partial charge >= 0.3 is 0 Å². The molecule has 0 bridgehead atoms. The van der Waals surface area contributed by atoms with E-state index in [1.807, 2.05) is 24.3 Å². The van der Waals surface area contributed by atoms with Gasteiger partial charge in [0.05, 0.1) is 6.04 Å². The molecule has 1 aliphatic carbocycles. The topological polar surface area (TPSA) is 52.5 Å². The van der Waals surface area contributed by atoms with Crippen molar-refractivity contribution in [2.75, 3.05) is 7.05 Å². The standard InChI is InChI=1S/C10H13NO2/c1-11-8-6-4-2-3-5-7(6)9(12)10(8)13/h2-5,8-13H,1H3/t8?,9-,10?/m1/s1. The van der Waals surface area contributed by atoms with Crippen LogP contribution in [0.1, 0.15) is 23.3 Å². The van der Waals surface area contributed by atoms with Crippen LogP contribution in [0.15, 0.2) is 24.3 Å². The molecular formula is C10H13NO2. The van der Waals surface area contributed by atoms with Gasteiger partial charge in [0.25, 0.3) is 0 Å². The predicted molar refractivity (Wildman–Crippen MR) is 49.2 cm³/mol. The van der Waals surface area contributed by atoms with Crippen molar-refractivity contribution in [2.24, 2.45) is 0 Å². The minimum atomic E-state index is -0.756. The highest BCUT2D eigenvalue weighted by atomic mass is 16.3. The first-order valence-electron chi connectivity index (χ1n) is 4.38. The zero-order valence-corrected chi connectivity index (χ0v) is 7.44. The van der Waals surface area contributed by atoms with Gasteiger partial charge < -0.3 is 15.5 Å². The third-order valence-corrected chi connectivity index (χ3v) is 2.63. The molecule has 1 aliphatic rings. The van der Waals surface area contributed by atoms with E-state index in [9.17, 15) is 10.2 Å². The molecule has 3 nitrogen and oxygen atoms in total. The number of hydrogen-bond donors (Lipinski definition) is 3. The molecule has 0 heterocycles. The number of fused-ring (bicyclic) bond motifs is 1. The summed E-state index contributed by atoms with van der Waals surface area (Å²) in [6, 6.07) is 7.41. The maximum atomic E-state index is 9.67. The van der Waals surface area contributed by atoms with Gasteiger partial charge in [-0.05, 0) is 18.2 Å². The molecule has 0 radical (unpaired) electrons. The average molecular weight is 179 g/mol. The summed E-state index contributed by atoms with van der Waals surface area (Å²) in [7, 11) is 1.78. The van der Waals surface area contributed by atoms with Crippen LogP contribution in [0.3, 0.4) is 0 Å². The molecule has 1 aromatic rings. The fraction of sp³-hybridized carbons (Fsp3) is 0.400. The molecular weight excluding hydrogens is 166 g/mol. The molecule has 3 heteroatoms. The lowest BCUT2D eigenvalue weighted by Gasteiger charge is -2.15. The molecule has 70 valence electrons. The van der Waals surface area contributed by atoms with Gasteiger partial charge in [0.2, 0.25) is 0 Å². The van der Waals surface area contributed by atoms with Crippen LogP contribution in [0.2, 0.25) is 0 Å². The first-order valence-corrected chi connectivity index (χ1v) is 4.38.